The van der Waals surface area contributed by atoms with Gasteiger partial charge in [-0.25, -0.2) is 0 Å². The van der Waals surface area contributed by atoms with Gasteiger partial charge in [-0.15, -0.1) is 0 Å². The molecule has 0 radical (unpaired) electrons. The number of rotatable bonds is 1. The van der Waals surface area contributed by atoms with Gasteiger partial charge in [-0.1, -0.05) is 12.1 Å². The van der Waals surface area contributed by atoms with Crippen molar-refractivity contribution in [3.05, 3.63) is 41.7 Å². The van der Waals surface area contributed by atoms with Crippen LogP contribution in [-0.4, -0.2) is 24.3 Å². The van der Waals surface area contributed by atoms with Gasteiger partial charge in [0.1, 0.15) is 11.3 Å². The number of ketones is 1. The summed E-state index contributed by atoms with van der Waals surface area (Å²) in [5.41, 5.74) is 0.544. The Morgan fingerprint density at radius 2 is 2.20 bits per heavy atom. The quantitative estimate of drug-likeness (QED) is 0.561. The first-order valence-corrected chi connectivity index (χ1v) is 4.45. The van der Waals surface area contributed by atoms with Crippen molar-refractivity contribution in [2.45, 2.75) is 6.29 Å². The number of carbonyl (C=O) groups excluding carboxylic acids is 1. The highest BCUT2D eigenvalue weighted by Crippen LogP contribution is 2.30. The third kappa shape index (κ3) is 1.49. The van der Waals surface area contributed by atoms with Crippen LogP contribution in [0.25, 0.3) is 0 Å². The van der Waals surface area contributed by atoms with E-state index in [-0.39, 0.29) is 11.4 Å². The summed E-state index contributed by atoms with van der Waals surface area (Å²) in [5, 5.41) is 8.95. The predicted octanol–water partition coefficient (Wildman–Crippen LogP) is 1.68. The molecule has 1 atom stereocenters. The van der Waals surface area contributed by atoms with E-state index in [1.54, 1.807) is 24.3 Å². The number of methoxy groups -OCH3 is 1. The maximum Gasteiger partial charge on any atom is 0.233 e. The molecular formula is C11H10O4. The second-order valence-corrected chi connectivity index (χ2v) is 3.10. The van der Waals surface area contributed by atoms with Crippen LogP contribution in [0.3, 0.4) is 0 Å². The normalized spacial score (nSPS) is 22.3. The van der Waals surface area contributed by atoms with E-state index in [0.29, 0.717) is 11.3 Å². The molecule has 78 valence electrons. The number of para-hydroxylation sites is 1. The molecule has 4 nitrogen and oxygen atoms in total. The van der Waals surface area contributed by atoms with Crippen LogP contribution in [0.15, 0.2) is 36.1 Å². The van der Waals surface area contributed by atoms with E-state index in [1.165, 1.54) is 7.11 Å². The monoisotopic (exact) mass is 206 g/mol. The van der Waals surface area contributed by atoms with E-state index in [2.05, 4.69) is 0 Å². The lowest BCUT2D eigenvalue weighted by atomic mass is 10.0. The Bertz CT molecular complexity index is 422. The SMILES string of the molecule is CO[C@H]1Oc2ccccc2C(=O)/C1=C\O. The number of carbonyl (C=O) groups is 1. The highest BCUT2D eigenvalue weighted by Gasteiger charge is 2.31. The van der Waals surface area contributed by atoms with Crippen molar-refractivity contribution < 1.29 is 19.4 Å². The third-order valence-corrected chi connectivity index (χ3v) is 2.23. The average molecular weight is 206 g/mol. The molecule has 1 aliphatic heterocycles. The Labute approximate surface area is 86.7 Å². The van der Waals surface area contributed by atoms with Crippen molar-refractivity contribution in [1.82, 2.24) is 0 Å². The summed E-state index contributed by atoms with van der Waals surface area (Å²) in [5.74, 6) is 0.200. The number of ether oxygens (including phenoxy) is 2. The molecule has 0 saturated heterocycles. The molecule has 1 heterocycles. The number of aliphatic hydroxyl groups is 1. The molecule has 0 unspecified atom stereocenters. The molecular weight excluding hydrogens is 196 g/mol. The van der Waals surface area contributed by atoms with Crippen molar-refractivity contribution >= 4 is 5.78 Å². The number of fused-ring (bicyclic) bond motifs is 1. The molecule has 0 saturated carbocycles. The topological polar surface area (TPSA) is 55.8 Å². The summed E-state index contributed by atoms with van der Waals surface area (Å²) >= 11 is 0. The lowest BCUT2D eigenvalue weighted by Crippen LogP contribution is -2.31. The van der Waals surface area contributed by atoms with Crippen molar-refractivity contribution in [3.63, 3.8) is 0 Å². The summed E-state index contributed by atoms with van der Waals surface area (Å²) in [6, 6.07) is 6.84. The van der Waals surface area contributed by atoms with Gasteiger partial charge in [0, 0.05) is 7.11 Å². The molecule has 1 aliphatic rings. The molecule has 0 bridgehead atoms. The van der Waals surface area contributed by atoms with Crippen LogP contribution >= 0.6 is 0 Å². The number of Topliss-reactive ketones (excluding diaryl/α,β-unsaturated/α-hetero) is 1. The van der Waals surface area contributed by atoms with Gasteiger partial charge in [0.2, 0.25) is 12.1 Å². The van der Waals surface area contributed by atoms with Crippen LogP contribution < -0.4 is 4.74 Å². The third-order valence-electron chi connectivity index (χ3n) is 2.23. The van der Waals surface area contributed by atoms with Crippen molar-refractivity contribution in [3.8, 4) is 5.75 Å². The minimum Gasteiger partial charge on any atom is -0.515 e. The fraction of sp³-hybridized carbons (Fsp3) is 0.182. The molecule has 1 N–H and O–H groups in total. The standard InChI is InChI=1S/C11H10O4/c1-14-11-8(6-12)10(13)7-4-2-3-5-9(7)15-11/h2-6,11-12H,1H3/b8-6+/t11-/m0/s1. The maximum absolute atomic E-state index is 11.8. The number of hydrogen-bond donors (Lipinski definition) is 1. The second kappa shape index (κ2) is 3.74. The predicted molar refractivity (Wildman–Crippen MR) is 52.9 cm³/mol. The minimum absolute atomic E-state index is 0.108. The van der Waals surface area contributed by atoms with Crippen LogP contribution in [0.1, 0.15) is 10.4 Å². The molecule has 0 amide bonds. The van der Waals surface area contributed by atoms with Gasteiger partial charge >= 0.3 is 0 Å². The fourth-order valence-electron chi connectivity index (χ4n) is 1.49. The van der Waals surface area contributed by atoms with Gasteiger partial charge in [0.05, 0.1) is 11.8 Å². The minimum atomic E-state index is -0.836. The zero-order valence-electron chi connectivity index (χ0n) is 8.14. The van der Waals surface area contributed by atoms with Crippen LogP contribution in [0.4, 0.5) is 0 Å². The Hall–Kier alpha value is -1.81. The smallest absolute Gasteiger partial charge is 0.233 e. The fourth-order valence-corrected chi connectivity index (χ4v) is 1.49. The molecule has 0 spiro atoms. The van der Waals surface area contributed by atoms with E-state index in [4.69, 9.17) is 14.6 Å². The largest absolute Gasteiger partial charge is 0.515 e. The zero-order valence-corrected chi connectivity index (χ0v) is 8.14. The van der Waals surface area contributed by atoms with Gasteiger partial charge in [0.15, 0.2) is 0 Å². The lowest BCUT2D eigenvalue weighted by molar-refractivity contribution is -0.0296. The molecule has 1 aromatic rings. The first kappa shape index (κ1) is 9.73. The lowest BCUT2D eigenvalue weighted by Gasteiger charge is -2.25. The van der Waals surface area contributed by atoms with Crippen LogP contribution in [0.2, 0.25) is 0 Å². The Morgan fingerprint density at radius 1 is 1.47 bits per heavy atom. The van der Waals surface area contributed by atoms with Gasteiger partial charge in [-0.2, -0.15) is 0 Å². The molecule has 2 rings (SSSR count). The van der Waals surface area contributed by atoms with E-state index in [1.807, 2.05) is 0 Å². The number of aliphatic hydroxyl groups excluding tert-OH is 1. The number of benzene rings is 1. The van der Waals surface area contributed by atoms with E-state index >= 15 is 0 Å². The van der Waals surface area contributed by atoms with Crippen molar-refractivity contribution in [1.29, 1.82) is 0 Å². The summed E-state index contributed by atoms with van der Waals surface area (Å²) in [6.45, 7) is 0. The molecule has 4 heteroatoms. The van der Waals surface area contributed by atoms with E-state index < -0.39 is 6.29 Å². The number of hydrogen-bond acceptors (Lipinski definition) is 4. The Balaban J connectivity index is 2.50. The van der Waals surface area contributed by atoms with Gasteiger partial charge in [-0.05, 0) is 12.1 Å². The first-order chi connectivity index (χ1) is 7.27. The molecule has 1 aromatic carbocycles. The van der Waals surface area contributed by atoms with Crippen molar-refractivity contribution in [2.75, 3.05) is 7.11 Å². The summed E-state index contributed by atoms with van der Waals surface area (Å²) in [6.07, 6.45) is -0.107. The summed E-state index contributed by atoms with van der Waals surface area (Å²) in [7, 11) is 1.41. The highest BCUT2D eigenvalue weighted by atomic mass is 16.7. The second-order valence-electron chi connectivity index (χ2n) is 3.10. The van der Waals surface area contributed by atoms with Crippen molar-refractivity contribution in [2.24, 2.45) is 0 Å². The summed E-state index contributed by atoms with van der Waals surface area (Å²) < 4.78 is 10.3. The van der Waals surface area contributed by atoms with Crippen LogP contribution in [-0.2, 0) is 4.74 Å². The van der Waals surface area contributed by atoms with E-state index in [9.17, 15) is 4.79 Å². The molecule has 0 aliphatic carbocycles. The van der Waals surface area contributed by atoms with Gasteiger partial charge < -0.3 is 14.6 Å². The van der Waals surface area contributed by atoms with Crippen LogP contribution in [0.5, 0.6) is 5.75 Å². The summed E-state index contributed by atoms with van der Waals surface area (Å²) in [4.78, 5) is 11.8. The highest BCUT2D eigenvalue weighted by molar-refractivity contribution is 6.11. The first-order valence-electron chi connectivity index (χ1n) is 4.45. The molecule has 0 fully saturated rings. The maximum atomic E-state index is 11.8. The van der Waals surface area contributed by atoms with E-state index in [0.717, 1.165) is 6.26 Å². The van der Waals surface area contributed by atoms with Crippen LogP contribution in [0, 0.1) is 0 Å². The Morgan fingerprint density at radius 3 is 2.87 bits per heavy atom. The van der Waals surface area contributed by atoms with Gasteiger partial charge in [0.25, 0.3) is 0 Å². The zero-order chi connectivity index (χ0) is 10.8. The molecule has 0 aromatic heterocycles. The molecule has 15 heavy (non-hydrogen) atoms. The van der Waals surface area contributed by atoms with Gasteiger partial charge in [-0.3, -0.25) is 4.79 Å². The Kier molecular flexibility index (Phi) is 2.43. The average Bonchev–Trinajstić information content (AvgIpc) is 2.29.